The van der Waals surface area contributed by atoms with Crippen LogP contribution in [0.1, 0.15) is 38.7 Å². The molecular weight excluding hydrogens is 292 g/mol. The van der Waals surface area contributed by atoms with E-state index in [-0.39, 0.29) is 30.8 Å². The van der Waals surface area contributed by atoms with Crippen LogP contribution in [-0.2, 0) is 20.7 Å². The third-order valence-corrected chi connectivity index (χ3v) is 3.25. The molecular formula is C18H28N2O3. The highest BCUT2D eigenvalue weighted by Crippen LogP contribution is 1.98. The van der Waals surface area contributed by atoms with Gasteiger partial charge in [0.25, 0.3) is 0 Å². The Balaban J connectivity index is 2.01. The Morgan fingerprint density at radius 1 is 1.00 bits per heavy atom. The summed E-state index contributed by atoms with van der Waals surface area (Å²) in [6.07, 6.45) is 2.25. The molecule has 23 heavy (non-hydrogen) atoms. The molecule has 0 saturated carbocycles. The van der Waals surface area contributed by atoms with Gasteiger partial charge in [-0.2, -0.15) is 0 Å². The predicted octanol–water partition coefficient (Wildman–Crippen LogP) is 2.06. The molecule has 1 rings (SSSR count). The van der Waals surface area contributed by atoms with Gasteiger partial charge >= 0.3 is 0 Å². The van der Waals surface area contributed by atoms with Crippen molar-refractivity contribution in [3.8, 4) is 0 Å². The van der Waals surface area contributed by atoms with Gasteiger partial charge in [0, 0.05) is 32.5 Å². The standard InChI is InChI=1S/C18H28N2O3/c1-15(2)23-14-6-12-19-17(21)9-10-18(22)20-13-11-16-7-4-3-5-8-16/h3-5,7-8,15H,6,9-14H2,1-2H3,(H,19,21)(H,20,22). The van der Waals surface area contributed by atoms with Crippen LogP contribution in [0.25, 0.3) is 0 Å². The molecule has 1 aromatic rings. The lowest BCUT2D eigenvalue weighted by atomic mass is 10.1. The Morgan fingerprint density at radius 3 is 2.22 bits per heavy atom. The van der Waals surface area contributed by atoms with E-state index in [2.05, 4.69) is 10.6 Å². The number of benzene rings is 1. The minimum absolute atomic E-state index is 0.0841. The summed E-state index contributed by atoms with van der Waals surface area (Å²) in [6.45, 7) is 5.78. The van der Waals surface area contributed by atoms with Crippen molar-refractivity contribution in [1.29, 1.82) is 0 Å². The number of carbonyl (C=O) groups excluding carboxylic acids is 2. The van der Waals surface area contributed by atoms with Crippen LogP contribution in [0.15, 0.2) is 30.3 Å². The maximum absolute atomic E-state index is 11.7. The number of hydrogen-bond donors (Lipinski definition) is 2. The van der Waals surface area contributed by atoms with E-state index in [1.165, 1.54) is 5.56 Å². The molecule has 0 aromatic heterocycles. The van der Waals surface area contributed by atoms with Crippen molar-refractivity contribution in [2.45, 2.75) is 45.6 Å². The van der Waals surface area contributed by atoms with Crippen LogP contribution in [0.4, 0.5) is 0 Å². The normalized spacial score (nSPS) is 10.6. The van der Waals surface area contributed by atoms with E-state index < -0.39 is 0 Å². The average molecular weight is 320 g/mol. The molecule has 0 saturated heterocycles. The lowest BCUT2D eigenvalue weighted by Gasteiger charge is -2.08. The third-order valence-electron chi connectivity index (χ3n) is 3.25. The summed E-state index contributed by atoms with van der Waals surface area (Å²) >= 11 is 0. The quantitative estimate of drug-likeness (QED) is 0.613. The van der Waals surface area contributed by atoms with Gasteiger partial charge in [0.15, 0.2) is 0 Å². The van der Waals surface area contributed by atoms with Crippen molar-refractivity contribution in [1.82, 2.24) is 10.6 Å². The smallest absolute Gasteiger partial charge is 0.220 e. The zero-order valence-electron chi connectivity index (χ0n) is 14.1. The lowest BCUT2D eigenvalue weighted by Crippen LogP contribution is -2.29. The van der Waals surface area contributed by atoms with Gasteiger partial charge in [-0.15, -0.1) is 0 Å². The molecule has 0 aliphatic rings. The number of ether oxygens (including phenoxy) is 1. The first-order valence-electron chi connectivity index (χ1n) is 8.27. The molecule has 0 radical (unpaired) electrons. The zero-order chi connectivity index (χ0) is 16.9. The van der Waals surface area contributed by atoms with Crippen LogP contribution in [0.3, 0.4) is 0 Å². The summed E-state index contributed by atoms with van der Waals surface area (Å²) in [4.78, 5) is 23.3. The van der Waals surface area contributed by atoms with Crippen LogP contribution >= 0.6 is 0 Å². The maximum atomic E-state index is 11.7. The summed E-state index contributed by atoms with van der Waals surface area (Å²) in [6, 6.07) is 9.99. The molecule has 0 unspecified atom stereocenters. The van der Waals surface area contributed by atoms with E-state index in [1.54, 1.807) is 0 Å². The molecule has 128 valence electrons. The second-order valence-corrected chi connectivity index (χ2v) is 5.71. The minimum Gasteiger partial charge on any atom is -0.379 e. The first kappa shape index (κ1) is 19.2. The number of hydrogen-bond acceptors (Lipinski definition) is 3. The van der Waals surface area contributed by atoms with Crippen molar-refractivity contribution in [2.24, 2.45) is 0 Å². The summed E-state index contributed by atoms with van der Waals surface area (Å²) in [5.74, 6) is -0.174. The van der Waals surface area contributed by atoms with E-state index in [1.807, 2.05) is 44.2 Å². The van der Waals surface area contributed by atoms with Crippen molar-refractivity contribution in [2.75, 3.05) is 19.7 Å². The molecule has 0 fully saturated rings. The molecule has 0 aliphatic heterocycles. The fourth-order valence-corrected chi connectivity index (χ4v) is 2.01. The largest absolute Gasteiger partial charge is 0.379 e. The number of carbonyl (C=O) groups is 2. The second kappa shape index (κ2) is 11.7. The first-order chi connectivity index (χ1) is 11.1. The Labute approximate surface area is 138 Å². The Bertz CT molecular complexity index is 461. The van der Waals surface area contributed by atoms with Crippen LogP contribution < -0.4 is 10.6 Å². The topological polar surface area (TPSA) is 67.4 Å². The lowest BCUT2D eigenvalue weighted by molar-refractivity contribution is -0.126. The summed E-state index contributed by atoms with van der Waals surface area (Å²) in [5.41, 5.74) is 1.19. The molecule has 0 aliphatic carbocycles. The van der Waals surface area contributed by atoms with Gasteiger partial charge in [-0.25, -0.2) is 0 Å². The van der Waals surface area contributed by atoms with Crippen molar-refractivity contribution < 1.29 is 14.3 Å². The van der Waals surface area contributed by atoms with Crippen molar-refractivity contribution in [3.63, 3.8) is 0 Å². The van der Waals surface area contributed by atoms with Crippen LogP contribution in [0.5, 0.6) is 0 Å². The molecule has 5 heteroatoms. The Morgan fingerprint density at radius 2 is 1.61 bits per heavy atom. The fourth-order valence-electron chi connectivity index (χ4n) is 2.01. The van der Waals surface area contributed by atoms with Gasteiger partial charge in [-0.1, -0.05) is 30.3 Å². The van der Waals surface area contributed by atoms with E-state index in [4.69, 9.17) is 4.74 Å². The second-order valence-electron chi connectivity index (χ2n) is 5.71. The van der Waals surface area contributed by atoms with Gasteiger partial charge in [0.1, 0.15) is 0 Å². The summed E-state index contributed by atoms with van der Waals surface area (Å²) in [7, 11) is 0. The molecule has 0 heterocycles. The van der Waals surface area contributed by atoms with Gasteiger partial charge in [-0.05, 0) is 32.3 Å². The van der Waals surface area contributed by atoms with E-state index >= 15 is 0 Å². The molecule has 0 spiro atoms. The van der Waals surface area contributed by atoms with Crippen LogP contribution in [0, 0.1) is 0 Å². The highest BCUT2D eigenvalue weighted by Gasteiger charge is 2.06. The zero-order valence-corrected chi connectivity index (χ0v) is 14.1. The molecule has 1 aromatic carbocycles. The number of nitrogens with one attached hydrogen (secondary N) is 2. The van der Waals surface area contributed by atoms with Gasteiger partial charge in [-0.3, -0.25) is 9.59 Å². The van der Waals surface area contributed by atoms with E-state index in [0.29, 0.717) is 19.7 Å². The maximum Gasteiger partial charge on any atom is 0.220 e. The van der Waals surface area contributed by atoms with E-state index in [0.717, 1.165) is 12.8 Å². The first-order valence-corrected chi connectivity index (χ1v) is 8.27. The highest BCUT2D eigenvalue weighted by molar-refractivity contribution is 5.83. The highest BCUT2D eigenvalue weighted by atomic mass is 16.5. The fraction of sp³-hybridized carbons (Fsp3) is 0.556. The molecule has 0 bridgehead atoms. The average Bonchev–Trinajstić information content (AvgIpc) is 2.53. The van der Waals surface area contributed by atoms with Crippen LogP contribution in [-0.4, -0.2) is 37.6 Å². The monoisotopic (exact) mass is 320 g/mol. The molecule has 0 atom stereocenters. The van der Waals surface area contributed by atoms with Crippen LogP contribution in [0.2, 0.25) is 0 Å². The van der Waals surface area contributed by atoms with Gasteiger partial charge < -0.3 is 15.4 Å². The number of rotatable bonds is 11. The van der Waals surface area contributed by atoms with Gasteiger partial charge in [0.05, 0.1) is 6.10 Å². The molecule has 2 amide bonds. The molecule has 2 N–H and O–H groups in total. The number of amides is 2. The predicted molar refractivity (Wildman–Crippen MR) is 91.1 cm³/mol. The van der Waals surface area contributed by atoms with Crippen molar-refractivity contribution >= 4 is 11.8 Å². The Hall–Kier alpha value is -1.88. The molecule has 5 nitrogen and oxygen atoms in total. The minimum atomic E-state index is -0.0900. The van der Waals surface area contributed by atoms with Gasteiger partial charge in [0.2, 0.25) is 11.8 Å². The summed E-state index contributed by atoms with van der Waals surface area (Å²) in [5, 5.41) is 5.63. The third kappa shape index (κ3) is 10.5. The van der Waals surface area contributed by atoms with E-state index in [9.17, 15) is 9.59 Å². The van der Waals surface area contributed by atoms with Crippen molar-refractivity contribution in [3.05, 3.63) is 35.9 Å². The summed E-state index contributed by atoms with van der Waals surface area (Å²) < 4.78 is 5.39. The Kier molecular flexibility index (Phi) is 9.71. The SMILES string of the molecule is CC(C)OCCCNC(=O)CCC(=O)NCCc1ccccc1.